The summed E-state index contributed by atoms with van der Waals surface area (Å²) >= 11 is 0. The van der Waals surface area contributed by atoms with E-state index in [2.05, 4.69) is 4.98 Å². The van der Waals surface area contributed by atoms with Crippen molar-refractivity contribution in [1.82, 2.24) is 4.98 Å². The van der Waals surface area contributed by atoms with E-state index in [1.54, 1.807) is 6.92 Å². The predicted octanol–water partition coefficient (Wildman–Crippen LogP) is 1.41. The molecule has 1 aromatic rings. The van der Waals surface area contributed by atoms with Crippen molar-refractivity contribution in [3.63, 3.8) is 0 Å². The van der Waals surface area contributed by atoms with Crippen molar-refractivity contribution in [2.45, 2.75) is 6.92 Å². The van der Waals surface area contributed by atoms with Crippen molar-refractivity contribution >= 4 is 5.97 Å². The lowest BCUT2D eigenvalue weighted by Gasteiger charge is -2.05. The quantitative estimate of drug-likeness (QED) is 0.545. The molecule has 0 saturated heterocycles. The van der Waals surface area contributed by atoms with Crippen LogP contribution in [0.1, 0.15) is 17.3 Å². The third kappa shape index (κ3) is 2.18. The fourth-order valence-corrected chi connectivity index (χ4v) is 0.938. The van der Waals surface area contributed by atoms with Crippen molar-refractivity contribution in [2.24, 2.45) is 0 Å². The molecule has 0 aromatic carbocycles. The third-order valence-corrected chi connectivity index (χ3v) is 1.51. The van der Waals surface area contributed by atoms with Crippen molar-refractivity contribution in [2.75, 3.05) is 13.7 Å². The van der Waals surface area contributed by atoms with Gasteiger partial charge in [0, 0.05) is 0 Å². The Hall–Kier alpha value is -1.65. The van der Waals surface area contributed by atoms with E-state index in [1.807, 2.05) is 0 Å². The highest BCUT2D eigenvalue weighted by molar-refractivity contribution is 5.91. The molecule has 0 unspecified atom stereocenters. The predicted molar refractivity (Wildman–Crippen MR) is 46.7 cm³/mol. The number of methoxy groups -OCH3 is 1. The highest BCUT2D eigenvalue weighted by Gasteiger charge is 2.14. The van der Waals surface area contributed by atoms with Gasteiger partial charge in [-0.3, -0.25) is 0 Å². The maximum atomic E-state index is 12.6. The Morgan fingerprint density at radius 1 is 1.57 bits per heavy atom. The van der Waals surface area contributed by atoms with Gasteiger partial charge in [-0.2, -0.15) is 9.37 Å². The van der Waals surface area contributed by atoms with Gasteiger partial charge in [-0.1, -0.05) is 0 Å². The number of ether oxygens (including phenoxy) is 2. The van der Waals surface area contributed by atoms with Crippen molar-refractivity contribution in [3.05, 3.63) is 23.6 Å². The molecule has 0 bridgehead atoms. The Morgan fingerprint density at radius 2 is 2.29 bits per heavy atom. The summed E-state index contributed by atoms with van der Waals surface area (Å²) in [6, 6.07) is 2.36. The molecule has 0 atom stereocenters. The molecule has 0 spiro atoms. The summed E-state index contributed by atoms with van der Waals surface area (Å²) in [5.74, 6) is -1.34. The Balaban J connectivity index is 3.01. The summed E-state index contributed by atoms with van der Waals surface area (Å²) in [4.78, 5) is 14.7. The first-order valence-corrected chi connectivity index (χ1v) is 4.06. The summed E-state index contributed by atoms with van der Waals surface area (Å²) in [5.41, 5.74) is 0.121. The van der Waals surface area contributed by atoms with E-state index in [-0.39, 0.29) is 18.1 Å². The van der Waals surface area contributed by atoms with Crippen LogP contribution in [0, 0.1) is 5.95 Å². The second kappa shape index (κ2) is 4.55. The molecule has 14 heavy (non-hydrogen) atoms. The standard InChI is InChI=1S/C9H10FNO3/c1-3-14-9(12)6-4-5-7(10)11-8(6)13-2/h4-5H,3H2,1-2H3. The molecule has 0 radical (unpaired) electrons. The zero-order valence-electron chi connectivity index (χ0n) is 7.91. The number of hydrogen-bond acceptors (Lipinski definition) is 4. The molecule has 1 heterocycles. The largest absolute Gasteiger partial charge is 0.480 e. The van der Waals surface area contributed by atoms with Gasteiger partial charge in [0.25, 0.3) is 0 Å². The second-order valence-electron chi connectivity index (χ2n) is 2.41. The number of halogens is 1. The minimum atomic E-state index is -0.699. The summed E-state index contributed by atoms with van der Waals surface area (Å²) in [6.45, 7) is 1.93. The first kappa shape index (κ1) is 10.4. The maximum absolute atomic E-state index is 12.6. The Kier molecular flexibility index (Phi) is 3.39. The van der Waals surface area contributed by atoms with E-state index in [9.17, 15) is 9.18 Å². The van der Waals surface area contributed by atoms with E-state index in [0.29, 0.717) is 0 Å². The molecule has 1 aromatic heterocycles. The zero-order valence-corrected chi connectivity index (χ0v) is 7.91. The van der Waals surface area contributed by atoms with E-state index in [0.717, 1.165) is 6.07 Å². The van der Waals surface area contributed by atoms with Crippen LogP contribution >= 0.6 is 0 Å². The molecule has 0 saturated carbocycles. The summed E-state index contributed by atoms with van der Waals surface area (Å²) in [7, 11) is 1.31. The van der Waals surface area contributed by atoms with Crippen molar-refractivity contribution < 1.29 is 18.7 Å². The summed E-state index contributed by atoms with van der Waals surface area (Å²) in [5, 5.41) is 0. The number of rotatable bonds is 3. The molecule has 0 amide bonds. The SMILES string of the molecule is CCOC(=O)c1ccc(F)nc1OC. The number of nitrogens with zero attached hydrogens (tertiary/aromatic N) is 1. The van der Waals surface area contributed by atoms with Crippen LogP contribution < -0.4 is 4.74 Å². The van der Waals surface area contributed by atoms with Crippen molar-refractivity contribution in [3.8, 4) is 5.88 Å². The average molecular weight is 199 g/mol. The van der Waals surface area contributed by atoms with Gasteiger partial charge in [-0.25, -0.2) is 4.79 Å². The van der Waals surface area contributed by atoms with Gasteiger partial charge >= 0.3 is 5.97 Å². The maximum Gasteiger partial charge on any atom is 0.343 e. The lowest BCUT2D eigenvalue weighted by molar-refractivity contribution is 0.0521. The molecule has 5 heteroatoms. The van der Waals surface area contributed by atoms with Gasteiger partial charge in [0.15, 0.2) is 0 Å². The van der Waals surface area contributed by atoms with Gasteiger partial charge in [-0.15, -0.1) is 0 Å². The molecule has 76 valence electrons. The number of carbonyl (C=O) groups excluding carboxylic acids is 1. The molecular weight excluding hydrogens is 189 g/mol. The van der Waals surface area contributed by atoms with Crippen LogP contribution in [0.4, 0.5) is 4.39 Å². The molecule has 0 N–H and O–H groups in total. The van der Waals surface area contributed by atoms with Crippen LogP contribution in [0.3, 0.4) is 0 Å². The van der Waals surface area contributed by atoms with Crippen LogP contribution in [0.5, 0.6) is 5.88 Å². The monoisotopic (exact) mass is 199 g/mol. The van der Waals surface area contributed by atoms with E-state index < -0.39 is 11.9 Å². The van der Waals surface area contributed by atoms with E-state index in [1.165, 1.54) is 13.2 Å². The fraction of sp³-hybridized carbons (Fsp3) is 0.333. The van der Waals surface area contributed by atoms with Crippen molar-refractivity contribution in [1.29, 1.82) is 0 Å². The number of aromatic nitrogens is 1. The Bertz CT molecular complexity index is 341. The number of pyridine rings is 1. The van der Waals surface area contributed by atoms with E-state index in [4.69, 9.17) is 9.47 Å². The first-order valence-electron chi connectivity index (χ1n) is 4.06. The van der Waals surface area contributed by atoms with Crippen LogP contribution in [0.2, 0.25) is 0 Å². The summed E-state index contributed by atoms with van der Waals surface area (Å²) < 4.78 is 22.1. The number of carbonyl (C=O) groups is 1. The summed E-state index contributed by atoms with van der Waals surface area (Å²) in [6.07, 6.45) is 0. The Morgan fingerprint density at radius 3 is 2.86 bits per heavy atom. The molecule has 1 rings (SSSR count). The smallest absolute Gasteiger partial charge is 0.343 e. The highest BCUT2D eigenvalue weighted by Crippen LogP contribution is 2.16. The highest BCUT2D eigenvalue weighted by atomic mass is 19.1. The first-order chi connectivity index (χ1) is 6.69. The van der Waals surface area contributed by atoms with Gasteiger partial charge in [0.2, 0.25) is 11.8 Å². The van der Waals surface area contributed by atoms with E-state index >= 15 is 0 Å². The molecule has 0 aliphatic carbocycles. The second-order valence-corrected chi connectivity index (χ2v) is 2.41. The number of esters is 1. The molecule has 0 aliphatic rings. The van der Waals surface area contributed by atoms with Gasteiger partial charge < -0.3 is 9.47 Å². The third-order valence-electron chi connectivity index (χ3n) is 1.51. The zero-order chi connectivity index (χ0) is 10.6. The lowest BCUT2D eigenvalue weighted by atomic mass is 10.3. The number of hydrogen-bond donors (Lipinski definition) is 0. The molecular formula is C9H10FNO3. The lowest BCUT2D eigenvalue weighted by Crippen LogP contribution is -2.08. The van der Waals surface area contributed by atoms with Gasteiger partial charge in [-0.05, 0) is 19.1 Å². The van der Waals surface area contributed by atoms with Crippen LogP contribution in [0.15, 0.2) is 12.1 Å². The normalized spacial score (nSPS) is 9.64. The Labute approximate surface area is 80.7 Å². The molecule has 0 aliphatic heterocycles. The molecule has 0 fully saturated rings. The van der Waals surface area contributed by atoms with Crippen LogP contribution in [0.25, 0.3) is 0 Å². The van der Waals surface area contributed by atoms with Crippen LogP contribution in [-0.2, 0) is 4.74 Å². The minimum Gasteiger partial charge on any atom is -0.480 e. The van der Waals surface area contributed by atoms with Gasteiger partial charge in [0.05, 0.1) is 13.7 Å². The average Bonchev–Trinajstić information content (AvgIpc) is 2.17. The molecule has 4 nitrogen and oxygen atoms in total. The fourth-order valence-electron chi connectivity index (χ4n) is 0.938. The minimum absolute atomic E-state index is 0.0662. The van der Waals surface area contributed by atoms with Crippen LogP contribution in [-0.4, -0.2) is 24.7 Å². The topological polar surface area (TPSA) is 48.4 Å². The van der Waals surface area contributed by atoms with Gasteiger partial charge in [0.1, 0.15) is 5.56 Å².